The van der Waals surface area contributed by atoms with Gasteiger partial charge in [-0.25, -0.2) is 0 Å². The predicted molar refractivity (Wildman–Crippen MR) is 102 cm³/mol. The molecule has 1 aliphatic carbocycles. The normalized spacial score (nSPS) is 20.9. The fourth-order valence-corrected chi connectivity index (χ4v) is 3.96. The van der Waals surface area contributed by atoms with Crippen molar-refractivity contribution in [3.05, 3.63) is 65.7 Å². The Balaban J connectivity index is 1.67. The number of ether oxygens (including phenoxy) is 1. The van der Waals surface area contributed by atoms with Crippen LogP contribution in [0.3, 0.4) is 0 Å². The number of carbonyl (C=O) groups is 1. The van der Waals surface area contributed by atoms with Gasteiger partial charge in [0.2, 0.25) is 5.91 Å². The molecule has 2 aromatic carbocycles. The van der Waals surface area contributed by atoms with Gasteiger partial charge in [-0.3, -0.25) is 4.79 Å². The lowest BCUT2D eigenvalue weighted by Gasteiger charge is -2.34. The Bertz CT molecular complexity index is 784. The molecular weight excluding hydrogens is 324 g/mol. The smallest absolute Gasteiger partial charge is 0.233 e. The summed E-state index contributed by atoms with van der Waals surface area (Å²) < 4.78 is 6.06. The zero-order valence-electron chi connectivity index (χ0n) is 15.5. The number of likely N-dealkylation sites (N-methyl/N-ethyl adjacent to an activating group) is 1. The molecular formula is C22H26N2O2. The molecule has 1 saturated carbocycles. The van der Waals surface area contributed by atoms with Crippen LogP contribution < -0.4 is 4.74 Å². The van der Waals surface area contributed by atoms with Crippen LogP contribution in [0.5, 0.6) is 5.75 Å². The first-order valence-electron chi connectivity index (χ1n) is 9.32. The summed E-state index contributed by atoms with van der Waals surface area (Å²) in [5, 5.41) is 0. The first-order valence-corrected chi connectivity index (χ1v) is 9.32. The standard InChI is InChI=1S/C22H26N2O2/c1-23(2)15-19-16-26-20-11-7-6-8-17(20)14-24(19)21(25)22(12-13-22)18-9-4-3-5-10-18/h3-11,19H,12-16H2,1-2H3/t19-/m0/s1. The Morgan fingerprint density at radius 1 is 1.12 bits per heavy atom. The molecule has 4 rings (SSSR count). The summed E-state index contributed by atoms with van der Waals surface area (Å²) in [6, 6.07) is 18.4. The van der Waals surface area contributed by atoms with Crippen LogP contribution in [0.25, 0.3) is 0 Å². The first-order chi connectivity index (χ1) is 12.6. The van der Waals surface area contributed by atoms with E-state index in [9.17, 15) is 4.79 Å². The number of nitrogens with zero attached hydrogens (tertiary/aromatic N) is 2. The van der Waals surface area contributed by atoms with Crippen LogP contribution in [0.2, 0.25) is 0 Å². The van der Waals surface area contributed by atoms with E-state index in [1.807, 2.05) is 50.5 Å². The third-order valence-electron chi connectivity index (χ3n) is 5.51. The van der Waals surface area contributed by atoms with E-state index in [1.165, 1.54) is 0 Å². The lowest BCUT2D eigenvalue weighted by molar-refractivity contribution is -0.137. The number of carbonyl (C=O) groups excluding carboxylic acids is 1. The van der Waals surface area contributed by atoms with E-state index in [2.05, 4.69) is 28.0 Å². The molecule has 0 bridgehead atoms. The molecule has 0 spiro atoms. The molecule has 0 unspecified atom stereocenters. The van der Waals surface area contributed by atoms with Crippen molar-refractivity contribution in [2.24, 2.45) is 0 Å². The molecule has 1 amide bonds. The van der Waals surface area contributed by atoms with E-state index < -0.39 is 0 Å². The summed E-state index contributed by atoms with van der Waals surface area (Å²) in [5.74, 6) is 1.15. The van der Waals surface area contributed by atoms with Gasteiger partial charge in [-0.15, -0.1) is 0 Å². The maximum absolute atomic E-state index is 13.7. The first kappa shape index (κ1) is 17.1. The van der Waals surface area contributed by atoms with Crippen molar-refractivity contribution in [2.75, 3.05) is 27.2 Å². The summed E-state index contributed by atoms with van der Waals surface area (Å²) >= 11 is 0. The second-order valence-corrected chi connectivity index (χ2v) is 7.72. The van der Waals surface area contributed by atoms with Gasteiger partial charge in [0.25, 0.3) is 0 Å². The number of para-hydroxylation sites is 1. The van der Waals surface area contributed by atoms with Crippen LogP contribution in [0, 0.1) is 0 Å². The highest BCUT2D eigenvalue weighted by Crippen LogP contribution is 2.50. The molecule has 26 heavy (non-hydrogen) atoms. The van der Waals surface area contributed by atoms with Crippen molar-refractivity contribution in [1.29, 1.82) is 0 Å². The van der Waals surface area contributed by atoms with E-state index in [-0.39, 0.29) is 17.4 Å². The minimum absolute atomic E-state index is 0.0473. The summed E-state index contributed by atoms with van der Waals surface area (Å²) in [6.45, 7) is 1.94. The zero-order chi connectivity index (χ0) is 18.1. The number of hydrogen-bond acceptors (Lipinski definition) is 3. The van der Waals surface area contributed by atoms with Crippen LogP contribution in [0.1, 0.15) is 24.0 Å². The predicted octanol–water partition coefficient (Wildman–Crippen LogP) is 3.07. The molecule has 1 aliphatic heterocycles. The van der Waals surface area contributed by atoms with Gasteiger partial charge >= 0.3 is 0 Å². The molecule has 0 N–H and O–H groups in total. The third kappa shape index (κ3) is 3.10. The largest absolute Gasteiger partial charge is 0.491 e. The fourth-order valence-electron chi connectivity index (χ4n) is 3.96. The summed E-state index contributed by atoms with van der Waals surface area (Å²) in [7, 11) is 4.09. The zero-order valence-corrected chi connectivity index (χ0v) is 15.5. The van der Waals surface area contributed by atoms with E-state index in [4.69, 9.17) is 4.74 Å². The van der Waals surface area contributed by atoms with Gasteiger partial charge < -0.3 is 14.5 Å². The van der Waals surface area contributed by atoms with Crippen molar-refractivity contribution >= 4 is 5.91 Å². The summed E-state index contributed by atoms with van der Waals surface area (Å²) in [6.07, 6.45) is 1.87. The highest BCUT2D eigenvalue weighted by molar-refractivity contribution is 5.91. The van der Waals surface area contributed by atoms with Gasteiger partial charge in [0.15, 0.2) is 0 Å². The van der Waals surface area contributed by atoms with Crippen molar-refractivity contribution in [2.45, 2.75) is 30.8 Å². The summed E-state index contributed by atoms with van der Waals surface area (Å²) in [4.78, 5) is 17.9. The monoisotopic (exact) mass is 350 g/mol. The molecule has 0 saturated heterocycles. The highest BCUT2D eigenvalue weighted by Gasteiger charge is 2.54. The van der Waals surface area contributed by atoms with E-state index >= 15 is 0 Å². The number of rotatable bonds is 4. The molecule has 2 aliphatic rings. The molecule has 2 aromatic rings. The van der Waals surface area contributed by atoms with Crippen molar-refractivity contribution in [3.8, 4) is 5.75 Å². The molecule has 1 atom stereocenters. The summed E-state index contributed by atoms with van der Waals surface area (Å²) in [5.41, 5.74) is 1.89. The van der Waals surface area contributed by atoms with E-state index in [0.717, 1.165) is 36.3 Å². The topological polar surface area (TPSA) is 32.8 Å². The van der Waals surface area contributed by atoms with Gasteiger partial charge in [-0.1, -0.05) is 48.5 Å². The molecule has 1 heterocycles. The minimum Gasteiger partial charge on any atom is -0.491 e. The number of benzene rings is 2. The van der Waals surface area contributed by atoms with Crippen LogP contribution in [0.4, 0.5) is 0 Å². The van der Waals surface area contributed by atoms with Gasteiger partial charge in [-0.2, -0.15) is 0 Å². The van der Waals surface area contributed by atoms with Crippen molar-refractivity contribution in [3.63, 3.8) is 0 Å². The van der Waals surface area contributed by atoms with Gasteiger partial charge in [-0.05, 0) is 38.6 Å². The Morgan fingerprint density at radius 2 is 1.81 bits per heavy atom. The molecule has 1 fully saturated rings. The molecule has 4 heteroatoms. The maximum Gasteiger partial charge on any atom is 0.233 e. The Labute approximate surface area is 155 Å². The van der Waals surface area contributed by atoms with Crippen molar-refractivity contribution < 1.29 is 9.53 Å². The lowest BCUT2D eigenvalue weighted by atomic mass is 9.93. The Hall–Kier alpha value is -2.33. The third-order valence-corrected chi connectivity index (χ3v) is 5.51. The van der Waals surface area contributed by atoms with Gasteiger partial charge in [0.05, 0.1) is 11.5 Å². The van der Waals surface area contributed by atoms with Gasteiger partial charge in [0, 0.05) is 18.7 Å². The Kier molecular flexibility index (Phi) is 4.45. The average Bonchev–Trinajstić information content (AvgIpc) is 3.47. The van der Waals surface area contributed by atoms with E-state index in [1.54, 1.807) is 0 Å². The minimum atomic E-state index is -0.342. The quantitative estimate of drug-likeness (QED) is 0.850. The SMILES string of the molecule is CN(C)C[C@H]1COc2ccccc2CN1C(=O)C1(c2ccccc2)CC1. The van der Waals surface area contributed by atoms with Crippen LogP contribution in [-0.4, -0.2) is 49.0 Å². The van der Waals surface area contributed by atoms with Crippen LogP contribution >= 0.6 is 0 Å². The fraction of sp³-hybridized carbons (Fsp3) is 0.409. The lowest BCUT2D eigenvalue weighted by Crippen LogP contribution is -2.50. The second kappa shape index (κ2) is 6.76. The number of hydrogen-bond donors (Lipinski definition) is 0. The van der Waals surface area contributed by atoms with Crippen LogP contribution in [-0.2, 0) is 16.8 Å². The highest BCUT2D eigenvalue weighted by atomic mass is 16.5. The van der Waals surface area contributed by atoms with Crippen molar-refractivity contribution in [1.82, 2.24) is 9.80 Å². The molecule has 4 nitrogen and oxygen atoms in total. The number of fused-ring (bicyclic) bond motifs is 1. The van der Waals surface area contributed by atoms with Crippen LogP contribution in [0.15, 0.2) is 54.6 Å². The average molecular weight is 350 g/mol. The molecule has 0 radical (unpaired) electrons. The maximum atomic E-state index is 13.7. The molecule has 0 aromatic heterocycles. The second-order valence-electron chi connectivity index (χ2n) is 7.72. The Morgan fingerprint density at radius 3 is 2.50 bits per heavy atom. The molecule has 136 valence electrons. The number of amides is 1. The van der Waals surface area contributed by atoms with E-state index in [0.29, 0.717) is 13.2 Å². The van der Waals surface area contributed by atoms with Gasteiger partial charge in [0.1, 0.15) is 12.4 Å².